The molecule has 1 fully saturated rings. The molecule has 0 atom stereocenters. The van der Waals surface area contributed by atoms with E-state index in [1.54, 1.807) is 0 Å². The van der Waals surface area contributed by atoms with Crippen molar-refractivity contribution in [3.63, 3.8) is 0 Å². The van der Waals surface area contributed by atoms with Crippen molar-refractivity contribution < 1.29 is 9.13 Å². The number of hydrogen-bond acceptors (Lipinski definition) is 1. The molecule has 0 radical (unpaired) electrons. The van der Waals surface area contributed by atoms with Gasteiger partial charge in [0.05, 0.1) is 6.10 Å². The van der Waals surface area contributed by atoms with Crippen molar-refractivity contribution in [3.05, 3.63) is 28.5 Å². The summed E-state index contributed by atoms with van der Waals surface area (Å²) in [5, 5.41) is 0. The van der Waals surface area contributed by atoms with Gasteiger partial charge in [0.15, 0.2) is 0 Å². The molecule has 0 heterocycles. The van der Waals surface area contributed by atoms with Gasteiger partial charge in [-0.2, -0.15) is 0 Å². The first-order chi connectivity index (χ1) is 8.84. The van der Waals surface area contributed by atoms with E-state index in [1.807, 2.05) is 6.07 Å². The van der Waals surface area contributed by atoms with Crippen molar-refractivity contribution in [2.75, 3.05) is 0 Å². The van der Waals surface area contributed by atoms with Gasteiger partial charge >= 0.3 is 0 Å². The van der Waals surface area contributed by atoms with Crippen LogP contribution in [0.5, 0.6) is 5.75 Å². The molecule has 1 aromatic carbocycles. The second kappa shape index (κ2) is 5.82. The summed E-state index contributed by atoms with van der Waals surface area (Å²) in [5.74, 6) is 1.14. The Kier molecular flexibility index (Phi) is 4.54. The SMILES string of the molecule is CC(C)(C)C1CCC(Oc2cc(F)cc(Br)c2)CC1. The highest BCUT2D eigenvalue weighted by Gasteiger charge is 2.30. The average molecular weight is 329 g/mol. The molecule has 1 aromatic rings. The van der Waals surface area contributed by atoms with Gasteiger partial charge in [-0.1, -0.05) is 36.7 Å². The molecule has 19 heavy (non-hydrogen) atoms. The minimum Gasteiger partial charge on any atom is -0.490 e. The minimum absolute atomic E-state index is 0.229. The molecule has 1 aliphatic carbocycles. The summed E-state index contributed by atoms with van der Waals surface area (Å²) < 4.78 is 19.9. The monoisotopic (exact) mass is 328 g/mol. The van der Waals surface area contributed by atoms with Crippen molar-refractivity contribution in [1.82, 2.24) is 0 Å². The Balaban J connectivity index is 1.92. The summed E-state index contributed by atoms with van der Waals surface area (Å²) in [6.07, 6.45) is 4.76. The number of rotatable bonds is 2. The van der Waals surface area contributed by atoms with Crippen LogP contribution >= 0.6 is 15.9 Å². The zero-order valence-electron chi connectivity index (χ0n) is 11.9. The number of halogens is 2. The van der Waals surface area contributed by atoms with E-state index in [4.69, 9.17) is 4.74 Å². The predicted octanol–water partition coefficient (Wildman–Crippen LogP) is 5.57. The number of benzene rings is 1. The predicted molar refractivity (Wildman–Crippen MR) is 79.9 cm³/mol. The van der Waals surface area contributed by atoms with E-state index in [2.05, 4.69) is 36.7 Å². The summed E-state index contributed by atoms with van der Waals surface area (Å²) in [5.41, 5.74) is 0.382. The van der Waals surface area contributed by atoms with E-state index in [0.717, 1.165) is 23.2 Å². The van der Waals surface area contributed by atoms with Crippen LogP contribution in [0.15, 0.2) is 22.7 Å². The van der Waals surface area contributed by atoms with Gasteiger partial charge in [-0.05, 0) is 49.1 Å². The lowest BCUT2D eigenvalue weighted by atomic mass is 9.72. The highest BCUT2D eigenvalue weighted by molar-refractivity contribution is 9.10. The molecule has 0 aliphatic heterocycles. The largest absolute Gasteiger partial charge is 0.490 e. The number of hydrogen-bond donors (Lipinski definition) is 0. The molecule has 0 spiro atoms. The molecule has 3 heteroatoms. The molecular formula is C16H22BrFO. The molecule has 2 rings (SSSR count). The van der Waals surface area contributed by atoms with Crippen LogP contribution in [0.4, 0.5) is 4.39 Å². The van der Waals surface area contributed by atoms with Crippen LogP contribution in [0.1, 0.15) is 46.5 Å². The Labute approximate surface area is 123 Å². The van der Waals surface area contributed by atoms with Crippen molar-refractivity contribution >= 4 is 15.9 Å². The highest BCUT2D eigenvalue weighted by Crippen LogP contribution is 2.38. The second-order valence-corrected chi connectivity index (χ2v) is 7.48. The first-order valence-corrected chi connectivity index (χ1v) is 7.76. The molecule has 0 bridgehead atoms. The molecule has 1 saturated carbocycles. The third-order valence-electron chi connectivity index (χ3n) is 4.04. The first-order valence-electron chi connectivity index (χ1n) is 6.97. The third-order valence-corrected chi connectivity index (χ3v) is 4.50. The van der Waals surface area contributed by atoms with E-state index in [1.165, 1.54) is 25.0 Å². The van der Waals surface area contributed by atoms with Crippen molar-refractivity contribution in [2.45, 2.75) is 52.6 Å². The Morgan fingerprint density at radius 3 is 2.26 bits per heavy atom. The van der Waals surface area contributed by atoms with Gasteiger partial charge < -0.3 is 4.74 Å². The summed E-state index contributed by atoms with van der Waals surface area (Å²) in [4.78, 5) is 0. The zero-order chi connectivity index (χ0) is 14.0. The van der Waals surface area contributed by atoms with Crippen LogP contribution in [0.2, 0.25) is 0 Å². The Morgan fingerprint density at radius 1 is 1.11 bits per heavy atom. The van der Waals surface area contributed by atoms with Gasteiger partial charge in [0.25, 0.3) is 0 Å². The van der Waals surface area contributed by atoms with Gasteiger partial charge in [-0.25, -0.2) is 4.39 Å². The fraction of sp³-hybridized carbons (Fsp3) is 0.625. The standard InChI is InChI=1S/C16H22BrFO/c1-16(2,3)11-4-6-14(7-5-11)19-15-9-12(17)8-13(18)10-15/h8-11,14H,4-7H2,1-3H3. The van der Waals surface area contributed by atoms with Gasteiger partial charge in [0.2, 0.25) is 0 Å². The quantitative estimate of drug-likeness (QED) is 0.689. The smallest absolute Gasteiger partial charge is 0.128 e. The summed E-state index contributed by atoms with van der Waals surface area (Å²) in [6.45, 7) is 6.92. The normalized spacial score (nSPS) is 24.3. The van der Waals surface area contributed by atoms with Gasteiger partial charge in [0, 0.05) is 10.5 Å². The van der Waals surface area contributed by atoms with Crippen molar-refractivity contribution in [1.29, 1.82) is 0 Å². The van der Waals surface area contributed by atoms with Crippen LogP contribution in [-0.4, -0.2) is 6.10 Å². The molecule has 0 unspecified atom stereocenters. The van der Waals surface area contributed by atoms with Gasteiger partial charge in [-0.3, -0.25) is 0 Å². The highest BCUT2D eigenvalue weighted by atomic mass is 79.9. The molecule has 106 valence electrons. The minimum atomic E-state index is -0.257. The molecule has 0 saturated heterocycles. The Bertz CT molecular complexity index is 411. The first kappa shape index (κ1) is 14.8. The molecule has 0 aromatic heterocycles. The topological polar surface area (TPSA) is 9.23 Å². The van der Waals surface area contributed by atoms with Crippen LogP contribution in [0.25, 0.3) is 0 Å². The summed E-state index contributed by atoms with van der Waals surface area (Å²) >= 11 is 3.29. The molecule has 1 nitrogen and oxygen atoms in total. The summed E-state index contributed by atoms with van der Waals surface area (Å²) in [6, 6.07) is 4.74. The maximum atomic E-state index is 13.3. The lowest BCUT2D eigenvalue weighted by Crippen LogP contribution is -2.30. The van der Waals surface area contributed by atoms with E-state index in [9.17, 15) is 4.39 Å². The van der Waals surface area contributed by atoms with Crippen LogP contribution in [0.3, 0.4) is 0 Å². The molecular weight excluding hydrogens is 307 g/mol. The summed E-state index contributed by atoms with van der Waals surface area (Å²) in [7, 11) is 0. The Morgan fingerprint density at radius 2 is 1.74 bits per heavy atom. The second-order valence-electron chi connectivity index (χ2n) is 6.56. The van der Waals surface area contributed by atoms with E-state index < -0.39 is 0 Å². The van der Waals surface area contributed by atoms with E-state index in [0.29, 0.717) is 11.2 Å². The van der Waals surface area contributed by atoms with Crippen LogP contribution in [-0.2, 0) is 0 Å². The van der Waals surface area contributed by atoms with E-state index >= 15 is 0 Å². The van der Waals surface area contributed by atoms with Crippen molar-refractivity contribution in [2.24, 2.45) is 11.3 Å². The lowest BCUT2D eigenvalue weighted by molar-refractivity contribution is 0.0880. The van der Waals surface area contributed by atoms with Gasteiger partial charge in [-0.15, -0.1) is 0 Å². The third kappa shape index (κ3) is 4.20. The lowest BCUT2D eigenvalue weighted by Gasteiger charge is -2.36. The maximum Gasteiger partial charge on any atom is 0.128 e. The van der Waals surface area contributed by atoms with Crippen molar-refractivity contribution in [3.8, 4) is 5.75 Å². The van der Waals surface area contributed by atoms with E-state index in [-0.39, 0.29) is 11.9 Å². The molecule has 0 amide bonds. The molecule has 0 N–H and O–H groups in total. The average Bonchev–Trinajstić information content (AvgIpc) is 2.26. The maximum absolute atomic E-state index is 13.3. The Hall–Kier alpha value is -0.570. The molecule has 1 aliphatic rings. The zero-order valence-corrected chi connectivity index (χ0v) is 13.5. The fourth-order valence-corrected chi connectivity index (χ4v) is 3.28. The van der Waals surface area contributed by atoms with Crippen LogP contribution in [0, 0.1) is 17.2 Å². The van der Waals surface area contributed by atoms with Gasteiger partial charge in [0.1, 0.15) is 11.6 Å². The fourth-order valence-electron chi connectivity index (χ4n) is 2.84. The van der Waals surface area contributed by atoms with Crippen LogP contribution < -0.4 is 4.74 Å². The number of ether oxygens (including phenoxy) is 1.